The molecule has 23 heavy (non-hydrogen) atoms. The summed E-state index contributed by atoms with van der Waals surface area (Å²) in [4.78, 5) is 34.2. The highest BCUT2D eigenvalue weighted by atomic mass is 32.2. The predicted molar refractivity (Wildman–Crippen MR) is 79.7 cm³/mol. The van der Waals surface area contributed by atoms with Crippen LogP contribution in [0.2, 0.25) is 0 Å². The number of allylic oxidation sites excluding steroid dienone is 1. The summed E-state index contributed by atoms with van der Waals surface area (Å²) in [6, 6.07) is 3.65. The molecule has 1 aromatic rings. The lowest BCUT2D eigenvalue weighted by Crippen LogP contribution is -2.48. The van der Waals surface area contributed by atoms with E-state index < -0.39 is 27.8 Å². The van der Waals surface area contributed by atoms with Gasteiger partial charge >= 0.3 is 5.97 Å². The number of anilines is 1. The van der Waals surface area contributed by atoms with Gasteiger partial charge < -0.3 is 10.1 Å². The van der Waals surface area contributed by atoms with Crippen LogP contribution in [0.3, 0.4) is 0 Å². The van der Waals surface area contributed by atoms with E-state index in [1.807, 2.05) is 4.72 Å². The minimum absolute atomic E-state index is 0.107. The lowest BCUT2D eigenvalue weighted by atomic mass is 10.1. The maximum Gasteiger partial charge on any atom is 0.337 e. The number of cyclic esters (lactones) is 1. The molecule has 0 aliphatic carbocycles. The van der Waals surface area contributed by atoms with Crippen molar-refractivity contribution < 1.29 is 27.5 Å². The van der Waals surface area contributed by atoms with Gasteiger partial charge in [-0.15, -0.1) is 0 Å². The number of ether oxygens (including phenoxy) is 1. The van der Waals surface area contributed by atoms with Gasteiger partial charge in [0, 0.05) is 18.7 Å². The van der Waals surface area contributed by atoms with E-state index in [-0.39, 0.29) is 16.6 Å². The third-order valence-corrected chi connectivity index (χ3v) is 4.32. The fourth-order valence-corrected chi connectivity index (χ4v) is 3.05. The number of ketones is 1. The van der Waals surface area contributed by atoms with E-state index >= 15 is 0 Å². The summed E-state index contributed by atoms with van der Waals surface area (Å²) in [6.07, 6.45) is 1.05. The third-order valence-electron chi connectivity index (χ3n) is 2.89. The number of sulfonamides is 1. The molecular weight excluding hydrogens is 324 g/mol. The van der Waals surface area contributed by atoms with Crippen LogP contribution in [0.25, 0.3) is 0 Å². The summed E-state index contributed by atoms with van der Waals surface area (Å²) in [5.74, 6) is -1.86. The van der Waals surface area contributed by atoms with Crippen molar-refractivity contribution in [2.45, 2.75) is 24.8 Å². The Hall–Kier alpha value is -2.52. The molecule has 1 atom stereocenters. The Bertz CT molecular complexity index is 795. The zero-order valence-electron chi connectivity index (χ0n) is 12.3. The van der Waals surface area contributed by atoms with Gasteiger partial charge in [0.2, 0.25) is 15.9 Å². The molecular formula is C14H14N2O6S. The molecule has 0 saturated heterocycles. The zero-order chi connectivity index (χ0) is 17.2. The maximum atomic E-state index is 12.2. The first-order valence-corrected chi connectivity index (χ1v) is 8.01. The van der Waals surface area contributed by atoms with Crippen molar-refractivity contribution in [2.24, 2.45) is 0 Å². The van der Waals surface area contributed by atoms with Crippen LogP contribution in [0.5, 0.6) is 0 Å². The average Bonchev–Trinajstić information content (AvgIpc) is 2.43. The predicted octanol–water partition coefficient (Wildman–Crippen LogP) is 0.322. The first-order chi connectivity index (χ1) is 10.7. The van der Waals surface area contributed by atoms with Crippen molar-refractivity contribution in [1.82, 2.24) is 4.72 Å². The number of hydrogen-bond donors (Lipinski definition) is 2. The number of benzene rings is 1. The molecule has 0 fully saturated rings. The molecule has 1 aliphatic heterocycles. The SMILES string of the molecule is CC(=O)Nc1ccc(S(=O)(=O)N[C@@H]2C(=O)C=C(C)OC2=O)cc1. The van der Waals surface area contributed by atoms with Crippen LogP contribution >= 0.6 is 0 Å². The molecule has 122 valence electrons. The van der Waals surface area contributed by atoms with Crippen molar-refractivity contribution in [2.75, 3.05) is 5.32 Å². The van der Waals surface area contributed by atoms with E-state index in [0.29, 0.717) is 5.69 Å². The second kappa shape index (κ2) is 6.31. The maximum absolute atomic E-state index is 12.2. The van der Waals surface area contributed by atoms with Gasteiger partial charge in [0.15, 0.2) is 11.8 Å². The van der Waals surface area contributed by atoms with Gasteiger partial charge in [-0.1, -0.05) is 0 Å². The third kappa shape index (κ3) is 4.02. The summed E-state index contributed by atoms with van der Waals surface area (Å²) in [6.45, 7) is 2.74. The van der Waals surface area contributed by atoms with Gasteiger partial charge in [-0.05, 0) is 31.2 Å². The van der Waals surface area contributed by atoms with Crippen LogP contribution < -0.4 is 10.0 Å². The van der Waals surface area contributed by atoms with Crippen LogP contribution in [-0.2, 0) is 29.1 Å². The Balaban J connectivity index is 2.20. The van der Waals surface area contributed by atoms with Gasteiger partial charge in [0.05, 0.1) is 4.90 Å². The highest BCUT2D eigenvalue weighted by molar-refractivity contribution is 7.89. The van der Waals surface area contributed by atoms with Crippen molar-refractivity contribution in [1.29, 1.82) is 0 Å². The molecule has 0 unspecified atom stereocenters. The second-order valence-corrected chi connectivity index (χ2v) is 6.55. The van der Waals surface area contributed by atoms with E-state index in [0.717, 1.165) is 6.08 Å². The van der Waals surface area contributed by atoms with Crippen LogP contribution in [0, 0.1) is 0 Å². The van der Waals surface area contributed by atoms with Gasteiger partial charge in [0.1, 0.15) is 5.76 Å². The number of carbonyl (C=O) groups excluding carboxylic acids is 3. The molecule has 1 amide bonds. The lowest BCUT2D eigenvalue weighted by molar-refractivity contribution is -0.145. The molecule has 1 aliphatic rings. The standard InChI is InChI=1S/C14H14N2O6S/c1-8-7-12(18)13(14(19)22-8)16-23(20,21)11-5-3-10(4-6-11)15-9(2)17/h3-7,13,16H,1-2H3,(H,15,17)/t13-/m1/s1. The normalized spacial score (nSPS) is 18.2. The van der Waals surface area contributed by atoms with E-state index in [9.17, 15) is 22.8 Å². The summed E-state index contributed by atoms with van der Waals surface area (Å²) in [5.41, 5.74) is 0.420. The molecule has 0 bridgehead atoms. The van der Waals surface area contributed by atoms with Gasteiger partial charge in [-0.3, -0.25) is 9.59 Å². The monoisotopic (exact) mass is 338 g/mol. The minimum Gasteiger partial charge on any atom is -0.430 e. The largest absolute Gasteiger partial charge is 0.430 e. The summed E-state index contributed by atoms with van der Waals surface area (Å²) in [7, 11) is -4.10. The molecule has 2 rings (SSSR count). The fourth-order valence-electron chi connectivity index (χ4n) is 1.90. The van der Waals surface area contributed by atoms with Crippen molar-refractivity contribution in [3.63, 3.8) is 0 Å². The number of rotatable bonds is 4. The van der Waals surface area contributed by atoms with Gasteiger partial charge in [0.25, 0.3) is 0 Å². The Morgan fingerprint density at radius 2 is 1.78 bits per heavy atom. The number of esters is 1. The fraction of sp³-hybridized carbons (Fsp3) is 0.214. The quantitative estimate of drug-likeness (QED) is 0.603. The van der Waals surface area contributed by atoms with Crippen LogP contribution in [0.15, 0.2) is 41.0 Å². The highest BCUT2D eigenvalue weighted by Crippen LogP contribution is 2.16. The van der Waals surface area contributed by atoms with Crippen LogP contribution in [0.4, 0.5) is 5.69 Å². The molecule has 0 saturated carbocycles. The Morgan fingerprint density at radius 3 is 2.30 bits per heavy atom. The van der Waals surface area contributed by atoms with Crippen LogP contribution in [-0.4, -0.2) is 32.1 Å². The van der Waals surface area contributed by atoms with Crippen molar-refractivity contribution in [3.8, 4) is 0 Å². The van der Waals surface area contributed by atoms with Crippen molar-refractivity contribution in [3.05, 3.63) is 36.1 Å². The molecule has 0 radical (unpaired) electrons. The number of nitrogens with one attached hydrogen (secondary N) is 2. The molecule has 9 heteroatoms. The van der Waals surface area contributed by atoms with E-state index in [1.165, 1.54) is 38.1 Å². The minimum atomic E-state index is -4.10. The molecule has 1 heterocycles. The summed E-state index contributed by atoms with van der Waals surface area (Å²) >= 11 is 0. The lowest BCUT2D eigenvalue weighted by Gasteiger charge is -2.19. The number of hydrogen-bond acceptors (Lipinski definition) is 6. The number of carbonyl (C=O) groups is 3. The first kappa shape index (κ1) is 16.8. The van der Waals surface area contributed by atoms with Gasteiger partial charge in [-0.2, -0.15) is 4.72 Å². The van der Waals surface area contributed by atoms with Gasteiger partial charge in [-0.25, -0.2) is 13.2 Å². The summed E-state index contributed by atoms with van der Waals surface area (Å²) < 4.78 is 31.2. The van der Waals surface area contributed by atoms with E-state index in [1.54, 1.807) is 0 Å². The van der Waals surface area contributed by atoms with Crippen LogP contribution in [0.1, 0.15) is 13.8 Å². The summed E-state index contributed by atoms with van der Waals surface area (Å²) in [5, 5.41) is 2.49. The Labute approximate surface area is 132 Å². The van der Waals surface area contributed by atoms with E-state index in [2.05, 4.69) is 5.32 Å². The Morgan fingerprint density at radius 1 is 1.17 bits per heavy atom. The molecule has 2 N–H and O–H groups in total. The highest BCUT2D eigenvalue weighted by Gasteiger charge is 2.35. The number of amides is 1. The molecule has 0 spiro atoms. The second-order valence-electron chi connectivity index (χ2n) is 4.84. The molecule has 1 aromatic carbocycles. The molecule has 8 nitrogen and oxygen atoms in total. The first-order valence-electron chi connectivity index (χ1n) is 6.53. The Kier molecular flexibility index (Phi) is 4.62. The van der Waals surface area contributed by atoms with E-state index in [4.69, 9.17) is 4.74 Å². The average molecular weight is 338 g/mol. The smallest absolute Gasteiger partial charge is 0.337 e. The zero-order valence-corrected chi connectivity index (χ0v) is 13.1. The topological polar surface area (TPSA) is 119 Å². The van der Waals surface area contributed by atoms with Crippen molar-refractivity contribution >= 4 is 33.4 Å². The molecule has 0 aromatic heterocycles.